The molecule has 0 aliphatic heterocycles. The third-order valence-electron chi connectivity index (χ3n) is 1.99. The summed E-state index contributed by atoms with van der Waals surface area (Å²) in [5.74, 6) is -0.0173. The smallest absolute Gasteiger partial charge is 0.272 e. The molecular formula is C10H13BrN2O. The Kier molecular flexibility index (Phi) is 4.07. The zero-order valence-electron chi connectivity index (χ0n) is 8.33. The Hall–Kier alpha value is -0.900. The highest BCUT2D eigenvalue weighted by atomic mass is 79.9. The molecule has 0 N–H and O–H groups in total. The lowest BCUT2D eigenvalue weighted by Crippen LogP contribution is -2.31. The van der Waals surface area contributed by atoms with Gasteiger partial charge in [-0.2, -0.15) is 0 Å². The van der Waals surface area contributed by atoms with Crippen LogP contribution in [0.4, 0.5) is 0 Å². The number of amides is 1. The van der Waals surface area contributed by atoms with Crippen molar-refractivity contribution >= 4 is 21.8 Å². The van der Waals surface area contributed by atoms with Crippen molar-refractivity contribution in [2.24, 2.45) is 0 Å². The van der Waals surface area contributed by atoms with E-state index in [0.29, 0.717) is 18.8 Å². The lowest BCUT2D eigenvalue weighted by atomic mass is 10.3. The fourth-order valence-corrected chi connectivity index (χ4v) is 1.53. The normalized spacial score (nSPS) is 9.93. The van der Waals surface area contributed by atoms with Crippen molar-refractivity contribution in [3.63, 3.8) is 0 Å². The molecule has 0 aromatic carbocycles. The predicted octanol–water partition coefficient (Wildman–Crippen LogP) is 2.33. The van der Waals surface area contributed by atoms with E-state index in [1.54, 1.807) is 23.2 Å². The van der Waals surface area contributed by atoms with Crippen molar-refractivity contribution in [2.75, 3.05) is 13.1 Å². The Balaban J connectivity index is 2.88. The van der Waals surface area contributed by atoms with Crippen molar-refractivity contribution < 1.29 is 4.79 Å². The standard InChI is InChI=1S/C10H13BrN2O/c1-3-13(4-2)10(14)9-7-8(11)5-6-12-9/h5-7H,3-4H2,1-2H3. The Labute approximate surface area is 92.3 Å². The summed E-state index contributed by atoms with van der Waals surface area (Å²) in [5, 5.41) is 0. The van der Waals surface area contributed by atoms with Crippen molar-refractivity contribution in [2.45, 2.75) is 13.8 Å². The third-order valence-corrected chi connectivity index (χ3v) is 2.49. The topological polar surface area (TPSA) is 33.2 Å². The van der Waals surface area contributed by atoms with Gasteiger partial charge in [-0.1, -0.05) is 15.9 Å². The van der Waals surface area contributed by atoms with Gasteiger partial charge in [-0.15, -0.1) is 0 Å². The Bertz CT molecular complexity index is 324. The molecule has 3 nitrogen and oxygen atoms in total. The molecular weight excluding hydrogens is 244 g/mol. The van der Waals surface area contributed by atoms with Gasteiger partial charge in [0.1, 0.15) is 5.69 Å². The predicted molar refractivity (Wildman–Crippen MR) is 59.2 cm³/mol. The molecule has 1 rings (SSSR count). The van der Waals surface area contributed by atoms with Crippen LogP contribution in [0, 0.1) is 0 Å². The van der Waals surface area contributed by atoms with Gasteiger partial charge in [-0.25, -0.2) is 0 Å². The van der Waals surface area contributed by atoms with Crippen molar-refractivity contribution in [3.05, 3.63) is 28.5 Å². The minimum Gasteiger partial charge on any atom is -0.338 e. The maximum atomic E-state index is 11.8. The Morgan fingerprint density at radius 3 is 2.64 bits per heavy atom. The van der Waals surface area contributed by atoms with Crippen LogP contribution in [0.3, 0.4) is 0 Å². The quantitative estimate of drug-likeness (QED) is 0.832. The molecule has 0 unspecified atom stereocenters. The van der Waals surface area contributed by atoms with Gasteiger partial charge in [0, 0.05) is 23.8 Å². The zero-order chi connectivity index (χ0) is 10.6. The Morgan fingerprint density at radius 1 is 1.50 bits per heavy atom. The molecule has 0 aliphatic carbocycles. The first-order valence-electron chi connectivity index (χ1n) is 4.59. The molecule has 4 heteroatoms. The summed E-state index contributed by atoms with van der Waals surface area (Å²) in [6.45, 7) is 5.34. The van der Waals surface area contributed by atoms with Crippen LogP contribution < -0.4 is 0 Å². The number of rotatable bonds is 3. The SMILES string of the molecule is CCN(CC)C(=O)c1cc(Br)ccn1. The van der Waals surface area contributed by atoms with E-state index < -0.39 is 0 Å². The molecule has 0 atom stereocenters. The summed E-state index contributed by atoms with van der Waals surface area (Å²) in [5.41, 5.74) is 0.489. The van der Waals surface area contributed by atoms with Crippen LogP contribution in [0.15, 0.2) is 22.8 Å². The number of carbonyl (C=O) groups excluding carboxylic acids is 1. The van der Waals surface area contributed by atoms with Gasteiger partial charge >= 0.3 is 0 Å². The largest absolute Gasteiger partial charge is 0.338 e. The summed E-state index contributed by atoms with van der Waals surface area (Å²) >= 11 is 3.31. The molecule has 1 amide bonds. The first-order valence-corrected chi connectivity index (χ1v) is 5.39. The second-order valence-electron chi connectivity index (χ2n) is 2.84. The molecule has 0 spiro atoms. The molecule has 0 aliphatic rings. The molecule has 14 heavy (non-hydrogen) atoms. The lowest BCUT2D eigenvalue weighted by Gasteiger charge is -2.17. The van der Waals surface area contributed by atoms with Gasteiger partial charge in [-0.3, -0.25) is 9.78 Å². The van der Waals surface area contributed by atoms with E-state index in [-0.39, 0.29) is 5.91 Å². The summed E-state index contributed by atoms with van der Waals surface area (Å²) < 4.78 is 0.878. The highest BCUT2D eigenvalue weighted by Crippen LogP contribution is 2.10. The average Bonchev–Trinajstić information content (AvgIpc) is 2.19. The molecule has 0 bridgehead atoms. The molecule has 1 aromatic rings. The average molecular weight is 257 g/mol. The molecule has 0 fully saturated rings. The molecule has 1 heterocycles. The van der Waals surface area contributed by atoms with E-state index in [9.17, 15) is 4.79 Å². The summed E-state index contributed by atoms with van der Waals surface area (Å²) in [4.78, 5) is 17.6. The Morgan fingerprint density at radius 2 is 2.14 bits per heavy atom. The van der Waals surface area contributed by atoms with Crippen LogP contribution >= 0.6 is 15.9 Å². The molecule has 76 valence electrons. The van der Waals surface area contributed by atoms with Crippen molar-refractivity contribution in [3.8, 4) is 0 Å². The monoisotopic (exact) mass is 256 g/mol. The summed E-state index contributed by atoms with van der Waals surface area (Å²) in [6.07, 6.45) is 1.63. The second-order valence-corrected chi connectivity index (χ2v) is 3.75. The maximum absolute atomic E-state index is 11.8. The van der Waals surface area contributed by atoms with Gasteiger partial charge in [0.2, 0.25) is 0 Å². The minimum absolute atomic E-state index is 0.0173. The van der Waals surface area contributed by atoms with Crippen LogP contribution in [0.5, 0.6) is 0 Å². The molecule has 0 saturated carbocycles. The van der Waals surface area contributed by atoms with E-state index in [1.807, 2.05) is 13.8 Å². The van der Waals surface area contributed by atoms with Crippen molar-refractivity contribution in [1.29, 1.82) is 0 Å². The molecule has 0 radical (unpaired) electrons. The van der Waals surface area contributed by atoms with E-state index in [2.05, 4.69) is 20.9 Å². The second kappa shape index (κ2) is 5.10. The minimum atomic E-state index is -0.0173. The maximum Gasteiger partial charge on any atom is 0.272 e. The van der Waals surface area contributed by atoms with E-state index in [4.69, 9.17) is 0 Å². The van der Waals surface area contributed by atoms with Crippen molar-refractivity contribution in [1.82, 2.24) is 9.88 Å². The number of pyridine rings is 1. The number of halogens is 1. The third kappa shape index (κ3) is 2.54. The van der Waals surface area contributed by atoms with Crippen LogP contribution in [0.2, 0.25) is 0 Å². The first-order chi connectivity index (χ1) is 6.69. The van der Waals surface area contributed by atoms with E-state index in [1.165, 1.54) is 0 Å². The van der Waals surface area contributed by atoms with Crippen LogP contribution in [0.25, 0.3) is 0 Å². The van der Waals surface area contributed by atoms with E-state index >= 15 is 0 Å². The van der Waals surface area contributed by atoms with Gasteiger partial charge < -0.3 is 4.90 Å². The first kappa shape index (κ1) is 11.2. The summed E-state index contributed by atoms with van der Waals surface area (Å²) in [6, 6.07) is 3.54. The van der Waals surface area contributed by atoms with Gasteiger partial charge in [0.05, 0.1) is 0 Å². The van der Waals surface area contributed by atoms with Crippen LogP contribution in [0.1, 0.15) is 24.3 Å². The number of hydrogen-bond acceptors (Lipinski definition) is 2. The lowest BCUT2D eigenvalue weighted by molar-refractivity contribution is 0.0767. The molecule has 0 saturated heterocycles. The fourth-order valence-electron chi connectivity index (χ4n) is 1.19. The summed E-state index contributed by atoms with van der Waals surface area (Å²) in [7, 11) is 0. The van der Waals surface area contributed by atoms with Gasteiger partial charge in [0.15, 0.2) is 0 Å². The fraction of sp³-hybridized carbons (Fsp3) is 0.400. The van der Waals surface area contributed by atoms with Gasteiger partial charge in [-0.05, 0) is 26.0 Å². The number of aromatic nitrogens is 1. The molecule has 1 aromatic heterocycles. The number of hydrogen-bond donors (Lipinski definition) is 0. The highest BCUT2D eigenvalue weighted by Gasteiger charge is 2.13. The van der Waals surface area contributed by atoms with Crippen LogP contribution in [-0.2, 0) is 0 Å². The zero-order valence-corrected chi connectivity index (χ0v) is 9.91. The highest BCUT2D eigenvalue weighted by molar-refractivity contribution is 9.10. The number of nitrogens with zero attached hydrogens (tertiary/aromatic N) is 2. The van der Waals surface area contributed by atoms with E-state index in [0.717, 1.165) is 4.47 Å². The van der Waals surface area contributed by atoms with Gasteiger partial charge in [0.25, 0.3) is 5.91 Å². The number of carbonyl (C=O) groups is 1. The van der Waals surface area contributed by atoms with Crippen LogP contribution in [-0.4, -0.2) is 28.9 Å².